The van der Waals surface area contributed by atoms with Crippen molar-refractivity contribution < 1.29 is 0 Å². The minimum atomic E-state index is 0.369. The summed E-state index contributed by atoms with van der Waals surface area (Å²) in [5, 5.41) is 12.7. The summed E-state index contributed by atoms with van der Waals surface area (Å²) in [6.07, 6.45) is 4.78. The van der Waals surface area contributed by atoms with Gasteiger partial charge in [-0.15, -0.1) is 0 Å². The van der Waals surface area contributed by atoms with Crippen molar-refractivity contribution in [2.45, 2.75) is 0 Å². The normalized spacial score (nSPS) is 10.6. The van der Waals surface area contributed by atoms with Crippen molar-refractivity contribution in [2.75, 3.05) is 10.7 Å². The van der Waals surface area contributed by atoms with Gasteiger partial charge < -0.3 is 5.32 Å². The SMILES string of the molecule is S=C(Nc1ccc2ccccc2c1)Nn1c(-c2cnccn2)n[nH]c1=S. The third-order valence-corrected chi connectivity index (χ3v) is 4.15. The number of hydrogen-bond donors (Lipinski definition) is 3. The Kier molecular flexibility index (Phi) is 4.38. The Morgan fingerprint density at radius 1 is 1.08 bits per heavy atom. The molecule has 4 rings (SSSR count). The van der Waals surface area contributed by atoms with E-state index in [2.05, 4.69) is 43.0 Å². The molecule has 2 aromatic heterocycles. The minimum absolute atomic E-state index is 0.369. The van der Waals surface area contributed by atoms with E-state index in [1.54, 1.807) is 23.3 Å². The third kappa shape index (κ3) is 3.30. The summed E-state index contributed by atoms with van der Waals surface area (Å²) in [5.74, 6) is 0.491. The second kappa shape index (κ2) is 6.98. The molecule has 2 aromatic carbocycles. The molecule has 0 aliphatic heterocycles. The Morgan fingerprint density at radius 2 is 1.92 bits per heavy atom. The number of aromatic nitrogens is 5. The van der Waals surface area contributed by atoms with Gasteiger partial charge in [0.2, 0.25) is 10.6 Å². The quantitative estimate of drug-likeness (QED) is 0.470. The molecule has 9 heteroatoms. The lowest BCUT2D eigenvalue weighted by Crippen LogP contribution is -2.28. The monoisotopic (exact) mass is 379 g/mol. The third-order valence-electron chi connectivity index (χ3n) is 3.69. The lowest BCUT2D eigenvalue weighted by molar-refractivity contribution is 0.953. The van der Waals surface area contributed by atoms with Crippen LogP contribution in [0.5, 0.6) is 0 Å². The zero-order chi connectivity index (χ0) is 17.9. The van der Waals surface area contributed by atoms with Gasteiger partial charge in [0.05, 0.1) is 6.20 Å². The molecule has 26 heavy (non-hydrogen) atoms. The summed E-state index contributed by atoms with van der Waals surface area (Å²) in [7, 11) is 0. The molecule has 3 N–H and O–H groups in total. The Morgan fingerprint density at radius 3 is 2.73 bits per heavy atom. The number of nitrogens with one attached hydrogen (secondary N) is 3. The van der Waals surface area contributed by atoms with Crippen LogP contribution in [-0.2, 0) is 0 Å². The van der Waals surface area contributed by atoms with Crippen LogP contribution in [0, 0.1) is 4.77 Å². The molecule has 2 heterocycles. The number of hydrogen-bond acceptors (Lipinski definition) is 5. The van der Waals surface area contributed by atoms with Crippen molar-refractivity contribution in [3.05, 3.63) is 65.8 Å². The predicted molar refractivity (Wildman–Crippen MR) is 108 cm³/mol. The molecular formula is C17H13N7S2. The van der Waals surface area contributed by atoms with Crippen molar-refractivity contribution in [3.63, 3.8) is 0 Å². The number of nitrogens with zero attached hydrogens (tertiary/aromatic N) is 4. The first-order chi connectivity index (χ1) is 12.7. The molecule has 0 spiro atoms. The smallest absolute Gasteiger partial charge is 0.215 e. The molecule has 0 aliphatic rings. The van der Waals surface area contributed by atoms with Gasteiger partial charge in [-0.25, -0.2) is 14.8 Å². The molecule has 0 saturated heterocycles. The maximum absolute atomic E-state index is 5.41. The number of fused-ring (bicyclic) bond motifs is 1. The Balaban J connectivity index is 1.57. The van der Waals surface area contributed by atoms with Crippen molar-refractivity contribution in [3.8, 4) is 11.5 Å². The van der Waals surface area contributed by atoms with Crippen LogP contribution in [0.15, 0.2) is 61.1 Å². The summed E-state index contributed by atoms with van der Waals surface area (Å²) in [5.41, 5.74) is 4.47. The molecule has 128 valence electrons. The average molecular weight is 379 g/mol. The zero-order valence-corrected chi connectivity index (χ0v) is 15.0. The number of benzene rings is 2. The highest BCUT2D eigenvalue weighted by Gasteiger charge is 2.11. The highest BCUT2D eigenvalue weighted by atomic mass is 32.1. The topological polar surface area (TPSA) is 83.4 Å². The van der Waals surface area contributed by atoms with Gasteiger partial charge in [0, 0.05) is 18.1 Å². The van der Waals surface area contributed by atoms with E-state index in [-0.39, 0.29) is 0 Å². The summed E-state index contributed by atoms with van der Waals surface area (Å²) in [6, 6.07) is 14.2. The van der Waals surface area contributed by atoms with Gasteiger partial charge in [0.25, 0.3) is 0 Å². The Hall–Kier alpha value is -3.17. The van der Waals surface area contributed by atoms with E-state index in [1.807, 2.05) is 30.3 Å². The first-order valence-corrected chi connectivity index (χ1v) is 8.53. The fraction of sp³-hybridized carbons (Fsp3) is 0. The van der Waals surface area contributed by atoms with E-state index in [0.29, 0.717) is 21.4 Å². The van der Waals surface area contributed by atoms with Gasteiger partial charge >= 0.3 is 0 Å². The Labute approximate surface area is 159 Å². The van der Waals surface area contributed by atoms with Gasteiger partial charge in [0.1, 0.15) is 5.69 Å². The molecule has 0 atom stereocenters. The molecular weight excluding hydrogens is 366 g/mol. The van der Waals surface area contributed by atoms with Gasteiger partial charge in [-0.1, -0.05) is 30.3 Å². The largest absolute Gasteiger partial charge is 0.331 e. The van der Waals surface area contributed by atoms with Crippen LogP contribution in [0.25, 0.3) is 22.3 Å². The maximum atomic E-state index is 5.41. The van der Waals surface area contributed by atoms with Crippen molar-refractivity contribution in [1.82, 2.24) is 24.8 Å². The average Bonchev–Trinajstić information content (AvgIpc) is 3.03. The first kappa shape index (κ1) is 16.3. The van der Waals surface area contributed by atoms with Gasteiger partial charge in [-0.05, 0) is 47.3 Å². The van der Waals surface area contributed by atoms with Crippen LogP contribution >= 0.6 is 24.4 Å². The highest BCUT2D eigenvalue weighted by Crippen LogP contribution is 2.19. The molecule has 0 amide bonds. The van der Waals surface area contributed by atoms with E-state index in [1.165, 1.54) is 5.39 Å². The van der Waals surface area contributed by atoms with Crippen LogP contribution in [0.3, 0.4) is 0 Å². The van der Waals surface area contributed by atoms with E-state index in [4.69, 9.17) is 24.4 Å². The Bertz CT molecular complexity index is 1130. The lowest BCUT2D eigenvalue weighted by atomic mass is 10.1. The van der Waals surface area contributed by atoms with Crippen molar-refractivity contribution in [2.24, 2.45) is 0 Å². The molecule has 0 aliphatic carbocycles. The number of aromatic amines is 1. The lowest BCUT2D eigenvalue weighted by Gasteiger charge is -2.13. The van der Waals surface area contributed by atoms with E-state index >= 15 is 0 Å². The fourth-order valence-corrected chi connectivity index (χ4v) is 2.90. The van der Waals surface area contributed by atoms with Gasteiger partial charge in [-0.3, -0.25) is 10.4 Å². The van der Waals surface area contributed by atoms with Crippen LogP contribution < -0.4 is 10.7 Å². The van der Waals surface area contributed by atoms with Crippen LogP contribution in [0.1, 0.15) is 0 Å². The molecule has 7 nitrogen and oxygen atoms in total. The molecule has 4 aromatic rings. The second-order valence-electron chi connectivity index (χ2n) is 5.41. The standard InChI is InChI=1S/C17H13N7S2/c25-16(20-13-6-5-11-3-1-2-4-12(11)9-13)23-24-15(21-22-17(24)26)14-10-18-7-8-19-14/h1-10H,(H,22,26)(H2,20,23,25). The number of thiocarbonyl (C=S) groups is 1. The molecule has 0 fully saturated rings. The first-order valence-electron chi connectivity index (χ1n) is 7.71. The molecule has 0 bridgehead atoms. The second-order valence-corrected chi connectivity index (χ2v) is 6.20. The molecule has 0 saturated carbocycles. The van der Waals surface area contributed by atoms with E-state index < -0.39 is 0 Å². The summed E-state index contributed by atoms with van der Waals surface area (Å²) < 4.78 is 1.92. The van der Waals surface area contributed by atoms with Gasteiger partial charge in [0.15, 0.2) is 5.11 Å². The molecule has 0 unspecified atom stereocenters. The van der Waals surface area contributed by atoms with Crippen LogP contribution in [0.4, 0.5) is 5.69 Å². The number of H-pyrrole nitrogens is 1. The van der Waals surface area contributed by atoms with Gasteiger partial charge in [-0.2, -0.15) is 5.10 Å². The van der Waals surface area contributed by atoms with E-state index in [0.717, 1.165) is 11.1 Å². The summed E-state index contributed by atoms with van der Waals surface area (Å²) in [4.78, 5) is 8.28. The zero-order valence-electron chi connectivity index (χ0n) is 13.4. The van der Waals surface area contributed by atoms with Crippen molar-refractivity contribution in [1.29, 1.82) is 0 Å². The van der Waals surface area contributed by atoms with Crippen LogP contribution in [-0.4, -0.2) is 30.0 Å². The van der Waals surface area contributed by atoms with Crippen LogP contribution in [0.2, 0.25) is 0 Å². The minimum Gasteiger partial charge on any atom is -0.331 e. The maximum Gasteiger partial charge on any atom is 0.215 e. The fourth-order valence-electron chi connectivity index (χ4n) is 2.51. The molecule has 0 radical (unpaired) electrons. The summed E-state index contributed by atoms with van der Waals surface area (Å²) in [6.45, 7) is 0. The van der Waals surface area contributed by atoms with E-state index in [9.17, 15) is 0 Å². The predicted octanol–water partition coefficient (Wildman–Crippen LogP) is 3.49. The van der Waals surface area contributed by atoms with Crippen molar-refractivity contribution >= 4 is 46.0 Å². The summed E-state index contributed by atoms with van der Waals surface area (Å²) >= 11 is 10.7. The highest BCUT2D eigenvalue weighted by molar-refractivity contribution is 7.80. The number of rotatable bonds is 3. The number of anilines is 1.